The maximum Gasteiger partial charge on any atom is 0.183 e. The van der Waals surface area contributed by atoms with Crippen LogP contribution in [0.25, 0.3) is 10.9 Å². The number of benzene rings is 2. The second-order valence-electron chi connectivity index (χ2n) is 6.82. The zero-order valence-electron chi connectivity index (χ0n) is 15.6. The Labute approximate surface area is 171 Å². The average molecular weight is 427 g/mol. The molecule has 2 aromatic carbocycles. The van der Waals surface area contributed by atoms with Crippen molar-refractivity contribution in [2.75, 3.05) is 20.6 Å². The van der Waals surface area contributed by atoms with Crippen LogP contribution in [0.4, 0.5) is 0 Å². The standard InChI is InChI=1S/C20H23ClN2O2S.ClH/c1-14-9-10-17(21)19-16(11-12-23(2)3)18(22-20(14)19)13-26(24,25)15-7-5-4-6-8-15;/h4-10,22H,11-13H2,1-3H3;1H. The third-order valence-electron chi connectivity index (χ3n) is 4.55. The third-order valence-corrected chi connectivity index (χ3v) is 6.52. The molecule has 0 atom stereocenters. The lowest BCUT2D eigenvalue weighted by molar-refractivity contribution is 0.414. The van der Waals surface area contributed by atoms with E-state index in [1.807, 2.05) is 39.2 Å². The van der Waals surface area contributed by atoms with E-state index in [2.05, 4.69) is 9.88 Å². The Balaban J connectivity index is 0.00000261. The lowest BCUT2D eigenvalue weighted by Gasteiger charge is -2.11. The van der Waals surface area contributed by atoms with Crippen LogP contribution in [0.15, 0.2) is 47.4 Å². The molecule has 0 aliphatic heterocycles. The van der Waals surface area contributed by atoms with E-state index in [0.717, 1.165) is 40.7 Å². The largest absolute Gasteiger partial charge is 0.357 e. The Hall–Kier alpha value is -1.53. The van der Waals surface area contributed by atoms with Gasteiger partial charge in [0.05, 0.1) is 21.2 Å². The van der Waals surface area contributed by atoms with Crippen LogP contribution < -0.4 is 0 Å². The summed E-state index contributed by atoms with van der Waals surface area (Å²) in [5, 5.41) is 1.59. The van der Waals surface area contributed by atoms with Crippen molar-refractivity contribution in [3.63, 3.8) is 0 Å². The highest BCUT2D eigenvalue weighted by atomic mass is 35.5. The van der Waals surface area contributed by atoms with Gasteiger partial charge in [-0.05, 0) is 56.8 Å². The monoisotopic (exact) mass is 426 g/mol. The summed E-state index contributed by atoms with van der Waals surface area (Å²) in [5.74, 6) is -0.0653. The van der Waals surface area contributed by atoms with Gasteiger partial charge < -0.3 is 9.88 Å². The minimum Gasteiger partial charge on any atom is -0.357 e. The Kier molecular flexibility index (Phi) is 6.98. The number of nitrogens with one attached hydrogen (secondary N) is 1. The molecular formula is C20H24Cl2N2O2S. The number of aromatic nitrogens is 1. The van der Waals surface area contributed by atoms with Crippen molar-refractivity contribution in [1.29, 1.82) is 0 Å². The van der Waals surface area contributed by atoms with Crippen molar-refractivity contribution in [2.24, 2.45) is 0 Å². The predicted octanol–water partition coefficient (Wildman–Crippen LogP) is 4.63. The molecule has 3 rings (SSSR count). The van der Waals surface area contributed by atoms with Gasteiger partial charge in [-0.2, -0.15) is 0 Å². The number of sulfone groups is 1. The number of H-pyrrole nitrogens is 1. The molecule has 0 aliphatic carbocycles. The smallest absolute Gasteiger partial charge is 0.183 e. The number of rotatable bonds is 6. The van der Waals surface area contributed by atoms with Gasteiger partial charge in [-0.1, -0.05) is 35.9 Å². The van der Waals surface area contributed by atoms with E-state index in [-0.39, 0.29) is 18.2 Å². The normalized spacial score (nSPS) is 11.7. The Bertz CT molecular complexity index is 1030. The van der Waals surface area contributed by atoms with Gasteiger partial charge in [0.25, 0.3) is 0 Å². The van der Waals surface area contributed by atoms with Crippen LogP contribution in [0, 0.1) is 6.92 Å². The van der Waals surface area contributed by atoms with E-state index in [0.29, 0.717) is 9.92 Å². The molecule has 3 aromatic rings. The van der Waals surface area contributed by atoms with E-state index >= 15 is 0 Å². The highest BCUT2D eigenvalue weighted by Crippen LogP contribution is 2.33. The molecule has 1 heterocycles. The summed E-state index contributed by atoms with van der Waals surface area (Å²) in [7, 11) is 0.568. The molecule has 1 aromatic heterocycles. The first kappa shape index (κ1) is 21.8. The fraction of sp³-hybridized carbons (Fsp3) is 0.300. The van der Waals surface area contributed by atoms with Gasteiger partial charge in [0.1, 0.15) is 0 Å². The summed E-state index contributed by atoms with van der Waals surface area (Å²) in [5.41, 5.74) is 3.69. The molecule has 0 fully saturated rings. The number of nitrogens with zero attached hydrogens (tertiary/aromatic N) is 1. The molecule has 0 bridgehead atoms. The van der Waals surface area contributed by atoms with Gasteiger partial charge in [0.2, 0.25) is 0 Å². The Morgan fingerprint density at radius 1 is 1.07 bits per heavy atom. The van der Waals surface area contributed by atoms with Crippen LogP contribution >= 0.6 is 24.0 Å². The summed E-state index contributed by atoms with van der Waals surface area (Å²) in [6, 6.07) is 12.4. The van der Waals surface area contributed by atoms with Crippen LogP contribution in [0.3, 0.4) is 0 Å². The summed E-state index contributed by atoms with van der Waals surface area (Å²) in [6.45, 7) is 2.82. The Morgan fingerprint density at radius 2 is 1.74 bits per heavy atom. The molecule has 0 radical (unpaired) electrons. The van der Waals surface area contributed by atoms with Crippen molar-refractivity contribution >= 4 is 44.7 Å². The SMILES string of the molecule is Cc1ccc(Cl)c2c(CCN(C)C)c(CS(=O)(=O)c3ccccc3)[nH]c12.Cl. The molecule has 146 valence electrons. The van der Waals surface area contributed by atoms with Crippen LogP contribution in [0.2, 0.25) is 5.02 Å². The molecule has 0 saturated carbocycles. The topological polar surface area (TPSA) is 53.2 Å². The first-order valence-corrected chi connectivity index (χ1v) is 10.5. The number of aryl methyl sites for hydroxylation is 1. The number of fused-ring (bicyclic) bond motifs is 1. The molecule has 0 aliphatic rings. The van der Waals surface area contributed by atoms with Crippen LogP contribution in [-0.2, 0) is 22.0 Å². The first-order chi connectivity index (χ1) is 12.3. The first-order valence-electron chi connectivity index (χ1n) is 8.50. The molecule has 1 N–H and O–H groups in total. The van der Waals surface area contributed by atoms with Gasteiger partial charge >= 0.3 is 0 Å². The van der Waals surface area contributed by atoms with Crippen LogP contribution in [0.1, 0.15) is 16.8 Å². The van der Waals surface area contributed by atoms with Gasteiger partial charge in [-0.3, -0.25) is 0 Å². The molecule has 0 spiro atoms. The van der Waals surface area contributed by atoms with Gasteiger partial charge in [0.15, 0.2) is 9.84 Å². The zero-order valence-corrected chi connectivity index (χ0v) is 18.0. The fourth-order valence-corrected chi connectivity index (χ4v) is 4.79. The van der Waals surface area contributed by atoms with Crippen molar-refractivity contribution in [1.82, 2.24) is 9.88 Å². The Morgan fingerprint density at radius 3 is 2.37 bits per heavy atom. The molecule has 7 heteroatoms. The second kappa shape index (κ2) is 8.65. The molecule has 0 amide bonds. The molecular weight excluding hydrogens is 403 g/mol. The predicted molar refractivity (Wildman–Crippen MR) is 115 cm³/mol. The third kappa shape index (κ3) is 4.66. The van der Waals surface area contributed by atoms with Gasteiger partial charge in [-0.15, -0.1) is 12.4 Å². The van der Waals surface area contributed by atoms with Crippen LogP contribution in [0.5, 0.6) is 0 Å². The fourth-order valence-electron chi connectivity index (χ4n) is 3.15. The van der Waals surface area contributed by atoms with Crippen molar-refractivity contribution < 1.29 is 8.42 Å². The molecule has 4 nitrogen and oxygen atoms in total. The molecule has 0 unspecified atom stereocenters. The van der Waals surface area contributed by atoms with Crippen molar-refractivity contribution in [2.45, 2.75) is 24.0 Å². The van der Waals surface area contributed by atoms with Crippen molar-refractivity contribution in [3.8, 4) is 0 Å². The van der Waals surface area contributed by atoms with E-state index in [1.165, 1.54) is 0 Å². The van der Waals surface area contributed by atoms with Gasteiger partial charge in [-0.25, -0.2) is 8.42 Å². The number of likely N-dealkylation sites (N-methyl/N-ethyl adjacent to an activating group) is 1. The van der Waals surface area contributed by atoms with Crippen LogP contribution in [-0.4, -0.2) is 38.9 Å². The van der Waals surface area contributed by atoms with Gasteiger partial charge in [0, 0.05) is 17.6 Å². The quantitative estimate of drug-likeness (QED) is 0.624. The number of hydrogen-bond donors (Lipinski definition) is 1. The minimum absolute atomic E-state index is 0. The maximum absolute atomic E-state index is 12.9. The highest BCUT2D eigenvalue weighted by molar-refractivity contribution is 7.90. The van der Waals surface area contributed by atoms with E-state index < -0.39 is 9.84 Å². The second-order valence-corrected chi connectivity index (χ2v) is 9.22. The number of hydrogen-bond acceptors (Lipinski definition) is 3. The lowest BCUT2D eigenvalue weighted by Crippen LogP contribution is -2.16. The highest BCUT2D eigenvalue weighted by Gasteiger charge is 2.22. The summed E-state index contributed by atoms with van der Waals surface area (Å²) >= 11 is 6.47. The maximum atomic E-state index is 12.9. The summed E-state index contributed by atoms with van der Waals surface area (Å²) in [4.78, 5) is 5.76. The molecule has 0 saturated heterocycles. The lowest BCUT2D eigenvalue weighted by atomic mass is 10.1. The minimum atomic E-state index is -3.44. The van der Waals surface area contributed by atoms with E-state index in [4.69, 9.17) is 11.6 Å². The summed E-state index contributed by atoms with van der Waals surface area (Å²) in [6.07, 6.45) is 0.732. The molecule has 27 heavy (non-hydrogen) atoms. The van der Waals surface area contributed by atoms with E-state index in [1.54, 1.807) is 24.3 Å². The summed E-state index contributed by atoms with van der Waals surface area (Å²) < 4.78 is 25.8. The number of halogens is 2. The average Bonchev–Trinajstić information content (AvgIpc) is 2.96. The number of aromatic amines is 1. The van der Waals surface area contributed by atoms with E-state index in [9.17, 15) is 8.42 Å². The van der Waals surface area contributed by atoms with Crippen molar-refractivity contribution in [3.05, 3.63) is 64.3 Å². The zero-order chi connectivity index (χ0) is 18.9.